The van der Waals surface area contributed by atoms with Gasteiger partial charge in [-0.1, -0.05) is 22.6 Å². The van der Waals surface area contributed by atoms with Crippen LogP contribution >= 0.6 is 45.2 Å². The van der Waals surface area contributed by atoms with Crippen LogP contribution in [0, 0.1) is 0 Å². The summed E-state index contributed by atoms with van der Waals surface area (Å²) in [5.41, 5.74) is 0. The van der Waals surface area contributed by atoms with E-state index in [2.05, 4.69) is 0 Å². The normalized spacial score (nSPS) is 19.3. The van der Waals surface area contributed by atoms with Crippen molar-refractivity contribution in [1.29, 1.82) is 0 Å². The molecule has 1 atom stereocenters. The number of hydrogen-bond acceptors (Lipinski definition) is 0. The molecule has 9 heavy (non-hydrogen) atoms. The van der Waals surface area contributed by atoms with Gasteiger partial charge in [0, 0.05) is 0 Å². The van der Waals surface area contributed by atoms with E-state index in [9.17, 15) is 17.6 Å². The zero-order valence-electron chi connectivity index (χ0n) is 3.97. The maximum atomic E-state index is 12.2. The van der Waals surface area contributed by atoms with Crippen molar-refractivity contribution in [2.24, 2.45) is 0 Å². The predicted molar refractivity (Wildman–Crippen MR) is 42.8 cm³/mol. The Labute approximate surface area is 76.7 Å². The van der Waals surface area contributed by atoms with Crippen LogP contribution in [0.4, 0.5) is 17.6 Å². The molecular formula is C3H2F4I2. The van der Waals surface area contributed by atoms with Gasteiger partial charge in [-0.15, -0.1) is 0 Å². The van der Waals surface area contributed by atoms with Crippen molar-refractivity contribution in [3.05, 3.63) is 0 Å². The molecule has 0 saturated carbocycles. The van der Waals surface area contributed by atoms with Gasteiger partial charge < -0.3 is 0 Å². The summed E-state index contributed by atoms with van der Waals surface area (Å²) in [6.45, 7) is 0. The standard InChI is InChI=1S/C3H2F4I2/c4-2(9,1-8)3(5,6)7/h1H2. The highest BCUT2D eigenvalue weighted by Crippen LogP contribution is 2.40. The first-order valence-corrected chi connectivity index (χ1v) is 4.42. The van der Waals surface area contributed by atoms with Gasteiger partial charge in [-0.05, 0) is 22.6 Å². The molecule has 6 heteroatoms. The molecule has 0 radical (unpaired) electrons. The second-order valence-corrected chi connectivity index (χ2v) is 3.81. The van der Waals surface area contributed by atoms with Crippen LogP contribution in [0.5, 0.6) is 0 Å². The van der Waals surface area contributed by atoms with E-state index in [0.717, 1.165) is 22.6 Å². The number of rotatable bonds is 1. The summed E-state index contributed by atoms with van der Waals surface area (Å²) in [5.74, 6) is 0. The van der Waals surface area contributed by atoms with Crippen molar-refractivity contribution in [2.75, 3.05) is 4.43 Å². The van der Waals surface area contributed by atoms with Crippen molar-refractivity contribution in [1.82, 2.24) is 0 Å². The lowest BCUT2D eigenvalue weighted by atomic mass is 10.4. The summed E-state index contributed by atoms with van der Waals surface area (Å²) in [6, 6.07) is 0. The Bertz CT molecular complexity index is 96.5. The summed E-state index contributed by atoms with van der Waals surface area (Å²) in [7, 11) is 0. The van der Waals surface area contributed by atoms with E-state index in [0.29, 0.717) is 0 Å². The molecule has 0 fully saturated rings. The van der Waals surface area contributed by atoms with E-state index in [-0.39, 0.29) is 0 Å². The molecule has 0 aliphatic rings. The van der Waals surface area contributed by atoms with E-state index in [4.69, 9.17) is 0 Å². The van der Waals surface area contributed by atoms with Crippen LogP contribution in [0.25, 0.3) is 0 Å². The van der Waals surface area contributed by atoms with Crippen molar-refractivity contribution in [3.8, 4) is 0 Å². The molecule has 0 nitrogen and oxygen atoms in total. The van der Waals surface area contributed by atoms with Gasteiger partial charge >= 0.3 is 6.18 Å². The van der Waals surface area contributed by atoms with Crippen molar-refractivity contribution in [3.63, 3.8) is 0 Å². The van der Waals surface area contributed by atoms with Gasteiger partial charge in [-0.25, -0.2) is 4.39 Å². The smallest absolute Gasteiger partial charge is 0.221 e. The van der Waals surface area contributed by atoms with E-state index in [1.165, 1.54) is 22.6 Å². The molecule has 0 spiro atoms. The highest BCUT2D eigenvalue weighted by atomic mass is 127. The Balaban J connectivity index is 4.14. The van der Waals surface area contributed by atoms with Gasteiger partial charge in [0.25, 0.3) is 3.68 Å². The molecule has 0 amide bonds. The minimum Gasteiger partial charge on any atom is -0.221 e. The summed E-state index contributed by atoms with van der Waals surface area (Å²) in [4.78, 5) is 0. The van der Waals surface area contributed by atoms with E-state index >= 15 is 0 Å². The molecule has 0 aliphatic heterocycles. The zero-order valence-corrected chi connectivity index (χ0v) is 8.29. The third-order valence-corrected chi connectivity index (χ3v) is 4.09. The summed E-state index contributed by atoms with van der Waals surface area (Å²) in [5, 5.41) is 0. The van der Waals surface area contributed by atoms with Crippen molar-refractivity contribution in [2.45, 2.75) is 9.85 Å². The minimum absolute atomic E-state index is 0.575. The fourth-order valence-corrected chi connectivity index (χ4v) is 0.508. The molecule has 0 rings (SSSR count). The van der Waals surface area contributed by atoms with Crippen LogP contribution in [0.3, 0.4) is 0 Å². The Morgan fingerprint density at radius 1 is 1.11 bits per heavy atom. The monoisotopic (exact) mass is 368 g/mol. The van der Waals surface area contributed by atoms with E-state index < -0.39 is 14.3 Å². The Hall–Kier alpha value is 1.18. The van der Waals surface area contributed by atoms with Gasteiger partial charge in [0.05, 0.1) is 4.43 Å². The van der Waals surface area contributed by atoms with Gasteiger partial charge in [0.2, 0.25) is 0 Å². The molecule has 0 aromatic carbocycles. The molecule has 0 N–H and O–H groups in total. The molecule has 56 valence electrons. The SMILES string of the molecule is FC(F)(F)C(F)(I)CI. The fraction of sp³-hybridized carbons (Fsp3) is 1.00. The molecular weight excluding hydrogens is 366 g/mol. The third kappa shape index (κ3) is 2.72. The highest BCUT2D eigenvalue weighted by Gasteiger charge is 2.53. The van der Waals surface area contributed by atoms with Crippen LogP contribution in [0.1, 0.15) is 0 Å². The van der Waals surface area contributed by atoms with Crippen LogP contribution in [0.15, 0.2) is 0 Å². The first-order valence-electron chi connectivity index (χ1n) is 1.82. The average Bonchev–Trinajstić information content (AvgIpc) is 1.64. The van der Waals surface area contributed by atoms with Gasteiger partial charge in [-0.2, -0.15) is 13.2 Å². The first kappa shape index (κ1) is 10.2. The minimum atomic E-state index is -4.74. The molecule has 0 saturated heterocycles. The van der Waals surface area contributed by atoms with Crippen LogP contribution in [-0.2, 0) is 0 Å². The van der Waals surface area contributed by atoms with Crippen LogP contribution < -0.4 is 0 Å². The largest absolute Gasteiger partial charge is 0.432 e. The Kier molecular flexibility index (Phi) is 3.46. The van der Waals surface area contributed by atoms with Crippen LogP contribution in [-0.4, -0.2) is 14.3 Å². The number of alkyl halides is 6. The summed E-state index contributed by atoms with van der Waals surface area (Å²) >= 11 is 2.10. The highest BCUT2D eigenvalue weighted by molar-refractivity contribution is 14.1. The number of halogens is 6. The van der Waals surface area contributed by atoms with Gasteiger partial charge in [0.1, 0.15) is 0 Å². The quantitative estimate of drug-likeness (QED) is 0.379. The molecule has 0 aromatic heterocycles. The molecule has 0 aromatic rings. The maximum Gasteiger partial charge on any atom is 0.432 e. The third-order valence-electron chi connectivity index (χ3n) is 0.583. The molecule has 0 aliphatic carbocycles. The van der Waals surface area contributed by atoms with Gasteiger partial charge in [0.15, 0.2) is 0 Å². The second kappa shape index (κ2) is 3.05. The molecule has 0 heterocycles. The number of hydrogen-bond donors (Lipinski definition) is 0. The lowest BCUT2D eigenvalue weighted by Gasteiger charge is -2.18. The van der Waals surface area contributed by atoms with E-state index in [1.54, 1.807) is 0 Å². The van der Waals surface area contributed by atoms with Crippen molar-refractivity contribution < 1.29 is 17.6 Å². The fourth-order valence-electron chi connectivity index (χ4n) is 0.0758. The molecule has 1 unspecified atom stereocenters. The first-order chi connectivity index (χ1) is 3.81. The topological polar surface area (TPSA) is 0 Å². The maximum absolute atomic E-state index is 12.2. The Morgan fingerprint density at radius 2 is 1.44 bits per heavy atom. The average molecular weight is 368 g/mol. The summed E-state index contributed by atoms with van der Waals surface area (Å²) < 4.78 is 42.9. The zero-order chi connectivity index (χ0) is 7.71. The van der Waals surface area contributed by atoms with E-state index in [1.807, 2.05) is 0 Å². The molecule has 0 bridgehead atoms. The van der Waals surface area contributed by atoms with Crippen LogP contribution in [0.2, 0.25) is 0 Å². The predicted octanol–water partition coefficient (Wildman–Crippen LogP) is 3.08. The second-order valence-electron chi connectivity index (χ2n) is 1.34. The lowest BCUT2D eigenvalue weighted by molar-refractivity contribution is -0.179. The van der Waals surface area contributed by atoms with Gasteiger partial charge in [-0.3, -0.25) is 0 Å². The lowest BCUT2D eigenvalue weighted by Crippen LogP contribution is -2.35. The van der Waals surface area contributed by atoms with Crippen molar-refractivity contribution >= 4 is 45.2 Å². The Morgan fingerprint density at radius 3 is 1.44 bits per heavy atom. The summed E-state index contributed by atoms with van der Waals surface area (Å²) in [6.07, 6.45) is -4.74.